The van der Waals surface area contributed by atoms with Gasteiger partial charge >= 0.3 is 0 Å². The van der Waals surface area contributed by atoms with Gasteiger partial charge < -0.3 is 14.4 Å². The lowest BCUT2D eigenvalue weighted by atomic mass is 9.94. The molecule has 148 valence electrons. The normalized spacial score (nSPS) is 24.4. The molecule has 0 bridgehead atoms. The Hall–Kier alpha value is -1.55. The quantitative estimate of drug-likeness (QED) is 0.754. The highest BCUT2D eigenvalue weighted by Crippen LogP contribution is 2.33. The molecule has 0 radical (unpaired) electrons. The summed E-state index contributed by atoms with van der Waals surface area (Å²) in [5, 5.41) is 0. The highest BCUT2D eigenvalue weighted by atomic mass is 32.2. The molecule has 0 aliphatic carbocycles. The van der Waals surface area contributed by atoms with Gasteiger partial charge in [0.25, 0.3) is 0 Å². The molecule has 0 saturated carbocycles. The molecular weight excluding hydrogens is 370 g/mol. The van der Waals surface area contributed by atoms with E-state index in [1.54, 1.807) is 18.3 Å². The Kier molecular flexibility index (Phi) is 5.19. The molecule has 4 rings (SSSR count). The number of carbonyl (C=O) groups excluding carboxylic acids is 1. The first-order valence-electron chi connectivity index (χ1n) is 9.47. The van der Waals surface area contributed by atoms with Crippen LogP contribution in [0.1, 0.15) is 25.7 Å². The number of carbonyl (C=O) groups is 1. The van der Waals surface area contributed by atoms with Crippen molar-refractivity contribution in [1.82, 2.24) is 14.2 Å². The van der Waals surface area contributed by atoms with E-state index in [0.29, 0.717) is 65.1 Å². The molecule has 8 nitrogen and oxygen atoms in total. The van der Waals surface area contributed by atoms with E-state index in [-0.39, 0.29) is 16.7 Å². The molecule has 1 aromatic rings. The zero-order chi connectivity index (χ0) is 18.9. The summed E-state index contributed by atoms with van der Waals surface area (Å²) < 4.78 is 38.2. The third-order valence-corrected chi connectivity index (χ3v) is 7.61. The number of sulfonamides is 1. The number of piperidine rings is 2. The van der Waals surface area contributed by atoms with Crippen LogP contribution in [-0.4, -0.2) is 73.7 Å². The lowest BCUT2D eigenvalue weighted by molar-refractivity contribution is -0.188. The monoisotopic (exact) mass is 395 g/mol. The van der Waals surface area contributed by atoms with Gasteiger partial charge in [0.2, 0.25) is 15.9 Å². The summed E-state index contributed by atoms with van der Waals surface area (Å²) in [5.41, 5.74) is 0. The van der Waals surface area contributed by atoms with Crippen LogP contribution < -0.4 is 0 Å². The van der Waals surface area contributed by atoms with E-state index in [4.69, 9.17) is 9.47 Å². The van der Waals surface area contributed by atoms with Crippen LogP contribution in [0.25, 0.3) is 0 Å². The first-order valence-corrected chi connectivity index (χ1v) is 10.9. The number of aromatic nitrogens is 1. The molecule has 0 unspecified atom stereocenters. The first kappa shape index (κ1) is 18.8. The van der Waals surface area contributed by atoms with Gasteiger partial charge in [-0.3, -0.25) is 9.78 Å². The average Bonchev–Trinajstić information content (AvgIpc) is 3.17. The minimum Gasteiger partial charge on any atom is -0.347 e. The molecule has 0 aromatic carbocycles. The number of amides is 1. The lowest BCUT2D eigenvalue weighted by Gasteiger charge is -2.40. The molecule has 0 N–H and O–H groups in total. The first-order chi connectivity index (χ1) is 13.0. The second kappa shape index (κ2) is 7.46. The number of likely N-dealkylation sites (tertiary alicyclic amines) is 1. The lowest BCUT2D eigenvalue weighted by Crippen LogP contribution is -2.50. The van der Waals surface area contributed by atoms with Gasteiger partial charge in [-0.2, -0.15) is 4.31 Å². The van der Waals surface area contributed by atoms with Crippen molar-refractivity contribution in [3.05, 3.63) is 24.5 Å². The van der Waals surface area contributed by atoms with Gasteiger partial charge in [0.15, 0.2) is 5.79 Å². The highest BCUT2D eigenvalue weighted by Gasteiger charge is 2.42. The van der Waals surface area contributed by atoms with Crippen molar-refractivity contribution in [2.24, 2.45) is 5.92 Å². The van der Waals surface area contributed by atoms with E-state index >= 15 is 0 Å². The SMILES string of the molecule is O=C(C1CCN(S(=O)(=O)c2cccnc2)CC1)N1CCC2(CC1)OCCO2. The molecule has 0 atom stereocenters. The third kappa shape index (κ3) is 3.73. The maximum Gasteiger partial charge on any atom is 0.244 e. The summed E-state index contributed by atoms with van der Waals surface area (Å²) in [4.78, 5) is 18.8. The largest absolute Gasteiger partial charge is 0.347 e. The number of hydrogen-bond donors (Lipinski definition) is 0. The Morgan fingerprint density at radius 1 is 1.11 bits per heavy atom. The maximum atomic E-state index is 12.8. The fourth-order valence-corrected chi connectivity index (χ4v) is 5.54. The number of hydrogen-bond acceptors (Lipinski definition) is 6. The van der Waals surface area contributed by atoms with Crippen LogP contribution in [0.2, 0.25) is 0 Å². The molecule has 3 aliphatic heterocycles. The van der Waals surface area contributed by atoms with Gasteiger partial charge in [0.05, 0.1) is 13.2 Å². The summed E-state index contributed by atoms with van der Waals surface area (Å²) >= 11 is 0. The Morgan fingerprint density at radius 2 is 1.78 bits per heavy atom. The van der Waals surface area contributed by atoms with Crippen LogP contribution in [-0.2, 0) is 24.3 Å². The van der Waals surface area contributed by atoms with Crippen molar-refractivity contribution in [3.63, 3.8) is 0 Å². The van der Waals surface area contributed by atoms with Crippen molar-refractivity contribution in [1.29, 1.82) is 0 Å². The zero-order valence-electron chi connectivity index (χ0n) is 15.2. The second-order valence-corrected chi connectivity index (χ2v) is 9.24. The van der Waals surface area contributed by atoms with E-state index in [0.717, 1.165) is 0 Å². The van der Waals surface area contributed by atoms with Crippen LogP contribution in [0, 0.1) is 5.92 Å². The van der Waals surface area contributed by atoms with Gasteiger partial charge in [-0.15, -0.1) is 0 Å². The minimum absolute atomic E-state index is 0.121. The molecule has 1 amide bonds. The van der Waals surface area contributed by atoms with Gasteiger partial charge in [0.1, 0.15) is 4.90 Å². The molecule has 3 saturated heterocycles. The molecule has 1 spiro atoms. The fraction of sp³-hybridized carbons (Fsp3) is 0.667. The molecule has 4 heterocycles. The van der Waals surface area contributed by atoms with Crippen molar-refractivity contribution in [2.45, 2.75) is 36.4 Å². The molecular formula is C18H25N3O5S. The molecule has 3 aliphatic rings. The maximum absolute atomic E-state index is 12.8. The summed E-state index contributed by atoms with van der Waals surface area (Å²) in [7, 11) is -3.54. The molecule has 3 fully saturated rings. The summed E-state index contributed by atoms with van der Waals surface area (Å²) in [5.74, 6) is -0.483. The van der Waals surface area contributed by atoms with E-state index in [1.807, 2.05) is 4.90 Å². The van der Waals surface area contributed by atoms with E-state index in [2.05, 4.69) is 4.98 Å². The van der Waals surface area contributed by atoms with E-state index in [1.165, 1.54) is 10.5 Å². The van der Waals surface area contributed by atoms with E-state index < -0.39 is 15.8 Å². The van der Waals surface area contributed by atoms with Gasteiger partial charge in [0, 0.05) is 57.3 Å². The third-order valence-electron chi connectivity index (χ3n) is 5.73. The number of pyridine rings is 1. The summed E-state index contributed by atoms with van der Waals surface area (Å²) in [6.45, 7) is 3.23. The minimum atomic E-state index is -3.54. The van der Waals surface area contributed by atoms with Gasteiger partial charge in [-0.1, -0.05) is 0 Å². The fourth-order valence-electron chi connectivity index (χ4n) is 4.10. The molecule has 1 aromatic heterocycles. The van der Waals surface area contributed by atoms with Crippen molar-refractivity contribution >= 4 is 15.9 Å². The zero-order valence-corrected chi connectivity index (χ0v) is 16.1. The topological polar surface area (TPSA) is 89.0 Å². The van der Waals surface area contributed by atoms with Crippen LogP contribution >= 0.6 is 0 Å². The van der Waals surface area contributed by atoms with E-state index in [9.17, 15) is 13.2 Å². The Balaban J connectivity index is 1.32. The predicted octanol–water partition coefficient (Wildman–Crippen LogP) is 0.848. The van der Waals surface area contributed by atoms with Crippen LogP contribution in [0.3, 0.4) is 0 Å². The standard InChI is InChI=1S/C18H25N3O5S/c22-17(20-10-5-18(6-11-20)25-12-13-26-18)15-3-8-21(9-4-15)27(23,24)16-2-1-7-19-14-16/h1-2,7,14-15H,3-6,8-13H2. The summed E-state index contributed by atoms with van der Waals surface area (Å²) in [6, 6.07) is 3.17. The summed E-state index contributed by atoms with van der Waals surface area (Å²) in [6.07, 6.45) is 5.41. The Morgan fingerprint density at radius 3 is 2.37 bits per heavy atom. The number of nitrogens with zero attached hydrogens (tertiary/aromatic N) is 3. The smallest absolute Gasteiger partial charge is 0.244 e. The number of ether oxygens (including phenoxy) is 2. The average molecular weight is 395 g/mol. The molecule has 9 heteroatoms. The van der Waals surface area contributed by atoms with Crippen molar-refractivity contribution in [3.8, 4) is 0 Å². The Bertz CT molecular complexity index is 761. The van der Waals surface area contributed by atoms with Gasteiger partial charge in [-0.05, 0) is 25.0 Å². The highest BCUT2D eigenvalue weighted by molar-refractivity contribution is 7.89. The predicted molar refractivity (Wildman–Crippen MR) is 96.2 cm³/mol. The van der Waals surface area contributed by atoms with Crippen LogP contribution in [0.5, 0.6) is 0 Å². The number of rotatable bonds is 3. The van der Waals surface area contributed by atoms with Crippen LogP contribution in [0.15, 0.2) is 29.4 Å². The van der Waals surface area contributed by atoms with Crippen molar-refractivity contribution in [2.75, 3.05) is 39.4 Å². The molecule has 27 heavy (non-hydrogen) atoms. The van der Waals surface area contributed by atoms with Gasteiger partial charge in [-0.25, -0.2) is 8.42 Å². The second-order valence-electron chi connectivity index (χ2n) is 7.30. The Labute approximate surface area is 159 Å². The van der Waals surface area contributed by atoms with Crippen LogP contribution in [0.4, 0.5) is 0 Å². The van der Waals surface area contributed by atoms with Crippen molar-refractivity contribution < 1.29 is 22.7 Å².